The molecule has 2 amide bonds. The van der Waals surface area contributed by atoms with Gasteiger partial charge >= 0.3 is 11.8 Å². The number of anilines is 1. The van der Waals surface area contributed by atoms with Crippen LogP contribution in [0.15, 0.2) is 24.3 Å². The van der Waals surface area contributed by atoms with E-state index in [2.05, 4.69) is 19.2 Å². The second-order valence-corrected chi connectivity index (χ2v) is 4.67. The number of benzene rings is 1. The van der Waals surface area contributed by atoms with E-state index in [4.69, 9.17) is 0 Å². The summed E-state index contributed by atoms with van der Waals surface area (Å²) in [7, 11) is 0. The molecule has 0 bridgehead atoms. The van der Waals surface area contributed by atoms with Crippen molar-refractivity contribution in [1.29, 1.82) is 0 Å². The minimum Gasteiger partial charge on any atom is -0.335 e. The second-order valence-electron chi connectivity index (χ2n) is 4.67. The van der Waals surface area contributed by atoms with Crippen molar-refractivity contribution in [2.24, 2.45) is 0 Å². The third kappa shape index (κ3) is 3.81. The molecule has 0 atom stereocenters. The van der Waals surface area contributed by atoms with Crippen molar-refractivity contribution in [3.8, 4) is 0 Å². The summed E-state index contributed by atoms with van der Waals surface area (Å²) >= 11 is 0. The Bertz CT molecular complexity index is 451. The summed E-state index contributed by atoms with van der Waals surface area (Å²) in [6.45, 7) is 8.89. The van der Waals surface area contributed by atoms with Crippen molar-refractivity contribution >= 4 is 17.5 Å². The smallest absolute Gasteiger partial charge is 0.313 e. The third-order valence-electron chi connectivity index (χ3n) is 3.08. The lowest BCUT2D eigenvalue weighted by Gasteiger charge is -2.19. The van der Waals surface area contributed by atoms with Crippen molar-refractivity contribution in [3.63, 3.8) is 0 Å². The number of rotatable bonds is 4. The van der Waals surface area contributed by atoms with Crippen LogP contribution in [0.25, 0.3) is 0 Å². The molecule has 0 fully saturated rings. The van der Waals surface area contributed by atoms with Crippen LogP contribution in [0.2, 0.25) is 0 Å². The first kappa shape index (κ1) is 15.2. The van der Waals surface area contributed by atoms with Crippen molar-refractivity contribution in [3.05, 3.63) is 29.8 Å². The van der Waals surface area contributed by atoms with Crippen LogP contribution in [0.5, 0.6) is 0 Å². The lowest BCUT2D eigenvalue weighted by atomic mass is 10.0. The molecule has 4 heteroatoms. The molecule has 104 valence electrons. The zero-order valence-corrected chi connectivity index (χ0v) is 12.1. The number of nitrogens with zero attached hydrogens (tertiary/aromatic N) is 1. The van der Waals surface area contributed by atoms with E-state index in [1.54, 1.807) is 0 Å². The normalized spacial score (nSPS) is 10.4. The van der Waals surface area contributed by atoms with Gasteiger partial charge in [-0.25, -0.2) is 0 Å². The molecular formula is C15H22N2O2. The van der Waals surface area contributed by atoms with Gasteiger partial charge in [-0.3, -0.25) is 9.59 Å². The fourth-order valence-corrected chi connectivity index (χ4v) is 1.94. The van der Waals surface area contributed by atoms with Gasteiger partial charge in [0.15, 0.2) is 0 Å². The van der Waals surface area contributed by atoms with Gasteiger partial charge in [0.05, 0.1) is 0 Å². The van der Waals surface area contributed by atoms with Crippen LogP contribution in [0, 0.1) is 0 Å². The van der Waals surface area contributed by atoms with Crippen molar-refractivity contribution in [2.75, 3.05) is 18.4 Å². The minimum absolute atomic E-state index is 0.292. The van der Waals surface area contributed by atoms with Gasteiger partial charge in [-0.1, -0.05) is 32.0 Å². The van der Waals surface area contributed by atoms with Crippen LogP contribution in [-0.4, -0.2) is 29.8 Å². The standard InChI is InChI=1S/C15H22N2O2/c1-5-17(6-2)15(19)14(18)16-13-10-8-7-9-12(13)11(3)4/h7-11H,5-6H2,1-4H3,(H,16,18). The van der Waals surface area contributed by atoms with Gasteiger partial charge < -0.3 is 10.2 Å². The summed E-state index contributed by atoms with van der Waals surface area (Å²) in [5.41, 5.74) is 1.74. The molecular weight excluding hydrogens is 240 g/mol. The Balaban J connectivity index is 2.85. The average molecular weight is 262 g/mol. The maximum atomic E-state index is 11.9. The number of para-hydroxylation sites is 1. The molecule has 0 heterocycles. The van der Waals surface area contributed by atoms with Crippen LogP contribution >= 0.6 is 0 Å². The van der Waals surface area contributed by atoms with Crippen LogP contribution in [0.1, 0.15) is 39.2 Å². The quantitative estimate of drug-likeness (QED) is 0.848. The number of carbonyl (C=O) groups is 2. The fraction of sp³-hybridized carbons (Fsp3) is 0.467. The molecule has 1 aromatic carbocycles. The number of nitrogens with one attached hydrogen (secondary N) is 1. The number of likely N-dealkylation sites (N-methyl/N-ethyl adjacent to an activating group) is 1. The highest BCUT2D eigenvalue weighted by molar-refractivity contribution is 6.39. The molecule has 0 saturated heterocycles. The third-order valence-corrected chi connectivity index (χ3v) is 3.08. The largest absolute Gasteiger partial charge is 0.335 e. The van der Waals surface area contributed by atoms with E-state index in [9.17, 15) is 9.59 Å². The predicted octanol–water partition coefficient (Wildman–Crippen LogP) is 2.62. The maximum absolute atomic E-state index is 11.9. The number of amides is 2. The Labute approximate surface area is 114 Å². The first-order chi connectivity index (χ1) is 9.01. The topological polar surface area (TPSA) is 49.4 Å². The van der Waals surface area contributed by atoms with Gasteiger partial charge in [-0.15, -0.1) is 0 Å². The molecule has 0 unspecified atom stereocenters. The van der Waals surface area contributed by atoms with E-state index in [-0.39, 0.29) is 0 Å². The van der Waals surface area contributed by atoms with E-state index < -0.39 is 11.8 Å². The monoisotopic (exact) mass is 262 g/mol. The summed E-state index contributed by atoms with van der Waals surface area (Å²) in [4.78, 5) is 25.4. The molecule has 1 N–H and O–H groups in total. The van der Waals surface area contributed by atoms with Gasteiger partial charge in [0.25, 0.3) is 0 Å². The highest BCUT2D eigenvalue weighted by Gasteiger charge is 2.20. The highest BCUT2D eigenvalue weighted by Crippen LogP contribution is 2.23. The molecule has 1 aromatic rings. The van der Waals surface area contributed by atoms with Gasteiger partial charge in [-0.2, -0.15) is 0 Å². The van der Waals surface area contributed by atoms with Crippen molar-refractivity contribution in [2.45, 2.75) is 33.6 Å². The van der Waals surface area contributed by atoms with Crippen molar-refractivity contribution in [1.82, 2.24) is 4.90 Å². The highest BCUT2D eigenvalue weighted by atomic mass is 16.2. The second kappa shape index (κ2) is 6.92. The van der Waals surface area contributed by atoms with Gasteiger partial charge in [0.2, 0.25) is 0 Å². The fourth-order valence-electron chi connectivity index (χ4n) is 1.94. The summed E-state index contributed by atoms with van der Waals surface area (Å²) in [6, 6.07) is 7.56. The molecule has 0 aliphatic rings. The first-order valence-corrected chi connectivity index (χ1v) is 6.70. The molecule has 0 spiro atoms. The summed E-state index contributed by atoms with van der Waals surface area (Å²) in [5.74, 6) is -0.764. The maximum Gasteiger partial charge on any atom is 0.313 e. The Morgan fingerprint density at radius 1 is 1.16 bits per heavy atom. The van der Waals surface area contributed by atoms with Gasteiger partial charge in [0.1, 0.15) is 0 Å². The molecule has 0 radical (unpaired) electrons. The Hall–Kier alpha value is -1.84. The molecule has 0 aliphatic carbocycles. The Kier molecular flexibility index (Phi) is 5.55. The lowest BCUT2D eigenvalue weighted by molar-refractivity contribution is -0.142. The molecule has 1 rings (SSSR count). The Morgan fingerprint density at radius 3 is 2.26 bits per heavy atom. The van der Waals surface area contributed by atoms with E-state index in [1.165, 1.54) is 4.90 Å². The van der Waals surface area contributed by atoms with E-state index in [1.807, 2.05) is 38.1 Å². The SMILES string of the molecule is CCN(CC)C(=O)C(=O)Nc1ccccc1C(C)C. The van der Waals surface area contributed by atoms with Crippen molar-refractivity contribution < 1.29 is 9.59 Å². The number of hydrogen-bond acceptors (Lipinski definition) is 2. The van der Waals surface area contributed by atoms with E-state index >= 15 is 0 Å². The van der Waals surface area contributed by atoms with Crippen LogP contribution < -0.4 is 5.32 Å². The van der Waals surface area contributed by atoms with Crippen LogP contribution in [-0.2, 0) is 9.59 Å². The van der Waals surface area contributed by atoms with Gasteiger partial charge in [0, 0.05) is 18.8 Å². The number of hydrogen-bond donors (Lipinski definition) is 1. The zero-order chi connectivity index (χ0) is 14.4. The van der Waals surface area contributed by atoms with E-state index in [0.29, 0.717) is 24.7 Å². The summed E-state index contributed by atoms with van der Waals surface area (Å²) < 4.78 is 0. The zero-order valence-electron chi connectivity index (χ0n) is 12.1. The molecule has 0 saturated carbocycles. The Morgan fingerprint density at radius 2 is 1.74 bits per heavy atom. The summed E-state index contributed by atoms with van der Waals surface area (Å²) in [6.07, 6.45) is 0. The molecule has 19 heavy (non-hydrogen) atoms. The number of carbonyl (C=O) groups excluding carboxylic acids is 2. The first-order valence-electron chi connectivity index (χ1n) is 6.70. The van der Waals surface area contributed by atoms with E-state index in [0.717, 1.165) is 5.56 Å². The average Bonchev–Trinajstić information content (AvgIpc) is 2.40. The lowest BCUT2D eigenvalue weighted by Crippen LogP contribution is -2.39. The molecule has 4 nitrogen and oxygen atoms in total. The van der Waals surface area contributed by atoms with Crippen LogP contribution in [0.3, 0.4) is 0 Å². The molecule has 0 aromatic heterocycles. The van der Waals surface area contributed by atoms with Gasteiger partial charge in [-0.05, 0) is 31.4 Å². The predicted molar refractivity (Wildman–Crippen MR) is 77.1 cm³/mol. The van der Waals surface area contributed by atoms with Crippen LogP contribution in [0.4, 0.5) is 5.69 Å². The minimum atomic E-state index is -0.572. The summed E-state index contributed by atoms with van der Waals surface area (Å²) in [5, 5.41) is 2.71. The molecule has 0 aliphatic heterocycles.